The number of halogens is 1. The van der Waals surface area contributed by atoms with E-state index in [1.165, 1.54) is 4.31 Å². The molecule has 0 unspecified atom stereocenters. The highest BCUT2D eigenvalue weighted by Gasteiger charge is 2.35. The number of anilines is 2. The Hall–Kier alpha value is -2.57. The van der Waals surface area contributed by atoms with Crippen molar-refractivity contribution < 1.29 is 13.2 Å². The van der Waals surface area contributed by atoms with Gasteiger partial charge in [-0.3, -0.25) is 9.10 Å². The molecule has 5 nitrogen and oxygen atoms in total. The molecule has 0 saturated carbocycles. The van der Waals surface area contributed by atoms with Crippen LogP contribution in [0, 0.1) is 0 Å². The molecule has 0 fully saturated rings. The van der Waals surface area contributed by atoms with Crippen molar-refractivity contribution in [1.29, 1.82) is 0 Å². The number of amides is 1. The van der Waals surface area contributed by atoms with Gasteiger partial charge in [0.1, 0.15) is 0 Å². The van der Waals surface area contributed by atoms with Crippen LogP contribution in [-0.4, -0.2) is 20.9 Å². The highest BCUT2D eigenvalue weighted by atomic mass is 35.5. The Morgan fingerprint density at radius 2 is 1.77 bits per heavy atom. The maximum Gasteiger partial charge on any atom is 0.265 e. The van der Waals surface area contributed by atoms with E-state index in [0.29, 0.717) is 26.7 Å². The van der Waals surface area contributed by atoms with Crippen LogP contribution in [-0.2, 0) is 14.8 Å². The summed E-state index contributed by atoms with van der Waals surface area (Å²) in [7, 11) is -3.64. The molecule has 7 heteroatoms. The van der Waals surface area contributed by atoms with Gasteiger partial charge in [0.2, 0.25) is 5.91 Å². The molecule has 0 atom stereocenters. The zero-order chi connectivity index (χ0) is 18.3. The summed E-state index contributed by atoms with van der Waals surface area (Å²) >= 11 is 5.90. The molecule has 132 valence electrons. The number of benzene rings is 3. The Labute approximate surface area is 156 Å². The third-order valence-electron chi connectivity index (χ3n) is 4.33. The lowest BCUT2D eigenvalue weighted by molar-refractivity contribution is -0.116. The molecule has 0 aromatic heterocycles. The van der Waals surface area contributed by atoms with Gasteiger partial charge in [-0.1, -0.05) is 41.9 Å². The van der Waals surface area contributed by atoms with E-state index in [4.69, 9.17) is 11.6 Å². The summed E-state index contributed by atoms with van der Waals surface area (Å²) in [5, 5.41) is 4.84. The summed E-state index contributed by atoms with van der Waals surface area (Å²) in [4.78, 5) is 12.5. The summed E-state index contributed by atoms with van der Waals surface area (Å²) in [5.74, 6) is -0.273. The minimum absolute atomic E-state index is 0.0378. The van der Waals surface area contributed by atoms with Gasteiger partial charge in [0.25, 0.3) is 10.0 Å². The molecule has 1 amide bonds. The molecular formula is C19H15ClN2O3S. The number of nitrogens with zero attached hydrogens (tertiary/aromatic N) is 1. The van der Waals surface area contributed by atoms with Gasteiger partial charge in [-0.2, -0.15) is 0 Å². The van der Waals surface area contributed by atoms with Gasteiger partial charge in [0, 0.05) is 29.1 Å². The van der Waals surface area contributed by atoms with Crippen LogP contribution in [0.4, 0.5) is 11.4 Å². The number of carbonyl (C=O) groups is 1. The zero-order valence-corrected chi connectivity index (χ0v) is 15.2. The van der Waals surface area contributed by atoms with Gasteiger partial charge in [-0.25, -0.2) is 8.42 Å². The first-order valence-electron chi connectivity index (χ1n) is 8.07. The number of nitrogens with one attached hydrogen (secondary N) is 1. The first-order chi connectivity index (χ1) is 12.5. The molecule has 26 heavy (non-hydrogen) atoms. The van der Waals surface area contributed by atoms with Crippen LogP contribution >= 0.6 is 11.6 Å². The zero-order valence-electron chi connectivity index (χ0n) is 13.6. The number of sulfonamides is 1. The molecule has 3 aromatic rings. The van der Waals surface area contributed by atoms with E-state index in [1.807, 2.05) is 18.2 Å². The second-order valence-electron chi connectivity index (χ2n) is 6.02. The van der Waals surface area contributed by atoms with Crippen LogP contribution in [0.25, 0.3) is 10.8 Å². The molecule has 3 aromatic carbocycles. The Balaban J connectivity index is 1.56. The third kappa shape index (κ3) is 2.81. The maximum absolute atomic E-state index is 12.9. The average molecular weight is 387 g/mol. The summed E-state index contributed by atoms with van der Waals surface area (Å²) in [6.07, 6.45) is 0.0378. The smallest absolute Gasteiger partial charge is 0.265 e. The molecule has 0 spiro atoms. The van der Waals surface area contributed by atoms with Crippen molar-refractivity contribution in [3.63, 3.8) is 0 Å². The topological polar surface area (TPSA) is 66.5 Å². The van der Waals surface area contributed by atoms with Crippen molar-refractivity contribution in [2.45, 2.75) is 11.3 Å². The van der Waals surface area contributed by atoms with Crippen molar-refractivity contribution in [1.82, 2.24) is 0 Å². The van der Waals surface area contributed by atoms with Crippen LogP contribution in [0.1, 0.15) is 6.42 Å². The quantitative estimate of drug-likeness (QED) is 0.736. The number of hydrogen-bond donors (Lipinski definition) is 1. The first-order valence-corrected chi connectivity index (χ1v) is 9.88. The monoisotopic (exact) mass is 386 g/mol. The number of rotatable bonds is 4. The summed E-state index contributed by atoms with van der Waals surface area (Å²) < 4.78 is 27.0. The van der Waals surface area contributed by atoms with E-state index in [9.17, 15) is 13.2 Å². The minimum Gasteiger partial charge on any atom is -0.326 e. The normalized spacial score (nSPS) is 14.6. The SMILES string of the molecule is O=C(CCN1c2cccc3cccc(c23)S1(=O)=O)Nc1cccc(Cl)c1. The summed E-state index contributed by atoms with van der Waals surface area (Å²) in [6, 6.07) is 17.5. The molecular weight excluding hydrogens is 372 g/mol. The van der Waals surface area contributed by atoms with E-state index in [0.717, 1.165) is 5.39 Å². The molecule has 1 heterocycles. The Bertz CT molecular complexity index is 1120. The lowest BCUT2D eigenvalue weighted by atomic mass is 10.1. The lowest BCUT2D eigenvalue weighted by Gasteiger charge is -2.18. The van der Waals surface area contributed by atoms with Gasteiger partial charge in [-0.15, -0.1) is 0 Å². The predicted octanol–water partition coefficient (Wildman–Crippen LogP) is 4.03. The largest absolute Gasteiger partial charge is 0.326 e. The fourth-order valence-electron chi connectivity index (χ4n) is 3.19. The highest BCUT2D eigenvalue weighted by Crippen LogP contribution is 2.41. The fourth-order valence-corrected chi connectivity index (χ4v) is 5.09. The molecule has 1 aliphatic heterocycles. The van der Waals surface area contributed by atoms with E-state index < -0.39 is 10.0 Å². The van der Waals surface area contributed by atoms with Crippen LogP contribution in [0.15, 0.2) is 65.6 Å². The second-order valence-corrected chi connectivity index (χ2v) is 8.28. The molecule has 4 rings (SSSR count). The average Bonchev–Trinajstić information content (AvgIpc) is 2.82. The molecule has 0 bridgehead atoms. The minimum atomic E-state index is -3.64. The first kappa shape index (κ1) is 16.9. The highest BCUT2D eigenvalue weighted by molar-refractivity contribution is 7.93. The van der Waals surface area contributed by atoms with Crippen molar-refractivity contribution >= 4 is 49.7 Å². The summed E-state index contributed by atoms with van der Waals surface area (Å²) in [6.45, 7) is 0.0720. The van der Waals surface area contributed by atoms with Crippen LogP contribution < -0.4 is 9.62 Å². The summed E-state index contributed by atoms with van der Waals surface area (Å²) in [5.41, 5.74) is 1.20. The van der Waals surface area contributed by atoms with E-state index in [-0.39, 0.29) is 18.9 Å². The molecule has 0 radical (unpaired) electrons. The fraction of sp³-hybridized carbons (Fsp3) is 0.105. The number of hydrogen-bond acceptors (Lipinski definition) is 3. The molecule has 1 aliphatic rings. The molecule has 0 saturated heterocycles. The molecule has 1 N–H and O–H groups in total. The second kappa shape index (κ2) is 6.30. The van der Waals surface area contributed by atoms with Gasteiger partial charge in [0.15, 0.2) is 0 Å². The van der Waals surface area contributed by atoms with E-state index in [1.54, 1.807) is 42.5 Å². The van der Waals surface area contributed by atoms with E-state index >= 15 is 0 Å². The van der Waals surface area contributed by atoms with Crippen LogP contribution in [0.3, 0.4) is 0 Å². The van der Waals surface area contributed by atoms with Crippen LogP contribution in [0.2, 0.25) is 5.02 Å². The van der Waals surface area contributed by atoms with Crippen molar-refractivity contribution in [3.8, 4) is 0 Å². The van der Waals surface area contributed by atoms with Gasteiger partial charge in [-0.05, 0) is 35.7 Å². The Kier molecular flexibility index (Phi) is 4.09. The Morgan fingerprint density at radius 3 is 2.54 bits per heavy atom. The molecule has 0 aliphatic carbocycles. The van der Waals surface area contributed by atoms with Crippen molar-refractivity contribution in [2.24, 2.45) is 0 Å². The maximum atomic E-state index is 12.9. The van der Waals surface area contributed by atoms with E-state index in [2.05, 4.69) is 5.32 Å². The van der Waals surface area contributed by atoms with Crippen molar-refractivity contribution in [3.05, 3.63) is 65.7 Å². The van der Waals surface area contributed by atoms with Gasteiger partial charge < -0.3 is 5.32 Å². The van der Waals surface area contributed by atoms with Crippen molar-refractivity contribution in [2.75, 3.05) is 16.2 Å². The van der Waals surface area contributed by atoms with Gasteiger partial charge in [0.05, 0.1) is 10.6 Å². The standard InChI is InChI=1S/C19H15ClN2O3S/c20-14-6-3-7-15(12-14)21-18(23)10-11-22-16-8-1-4-13-5-2-9-17(19(13)16)26(22,24)25/h1-9,12H,10-11H2,(H,21,23). The lowest BCUT2D eigenvalue weighted by Crippen LogP contribution is -2.30. The Morgan fingerprint density at radius 1 is 1.04 bits per heavy atom. The third-order valence-corrected chi connectivity index (χ3v) is 6.42. The number of carbonyl (C=O) groups excluding carboxylic acids is 1. The predicted molar refractivity (Wildman–Crippen MR) is 103 cm³/mol. The van der Waals surface area contributed by atoms with Crippen LogP contribution in [0.5, 0.6) is 0 Å². The van der Waals surface area contributed by atoms with Gasteiger partial charge >= 0.3 is 0 Å².